The molecule has 6 nitrogen and oxygen atoms in total. The Kier molecular flexibility index (Phi) is 5.82. The average Bonchev–Trinajstić information content (AvgIpc) is 2.62. The number of hydrogen-bond donors (Lipinski definition) is 2. The fraction of sp³-hybridized carbons (Fsp3) is 0.647. The molecular formula is C17H25N3O3. The summed E-state index contributed by atoms with van der Waals surface area (Å²) in [6, 6.07) is 3.83. The number of nitrogens with zero attached hydrogens (tertiary/aromatic N) is 1. The highest BCUT2D eigenvalue weighted by Crippen LogP contribution is 2.17. The fourth-order valence-corrected chi connectivity index (χ4v) is 3.01. The molecule has 0 unspecified atom stereocenters. The normalized spacial score (nSPS) is 20.2. The van der Waals surface area contributed by atoms with Crippen LogP contribution in [0.5, 0.6) is 5.88 Å². The SMILES string of the molecule is O=C(NCc1ccnc(OC2CCOCC2)c1)C1CCNCC1. The van der Waals surface area contributed by atoms with Gasteiger partial charge in [0.05, 0.1) is 13.2 Å². The summed E-state index contributed by atoms with van der Waals surface area (Å²) in [6.45, 7) is 3.87. The number of nitrogens with one attached hydrogen (secondary N) is 2. The van der Waals surface area contributed by atoms with Gasteiger partial charge in [-0.2, -0.15) is 0 Å². The van der Waals surface area contributed by atoms with Crippen LogP contribution in [-0.4, -0.2) is 43.3 Å². The molecule has 0 radical (unpaired) electrons. The van der Waals surface area contributed by atoms with E-state index in [0.29, 0.717) is 12.4 Å². The van der Waals surface area contributed by atoms with Gasteiger partial charge >= 0.3 is 0 Å². The Balaban J connectivity index is 1.49. The van der Waals surface area contributed by atoms with Gasteiger partial charge in [0.25, 0.3) is 0 Å². The van der Waals surface area contributed by atoms with Gasteiger partial charge in [0, 0.05) is 37.6 Å². The molecule has 126 valence electrons. The summed E-state index contributed by atoms with van der Waals surface area (Å²) in [4.78, 5) is 16.4. The highest BCUT2D eigenvalue weighted by Gasteiger charge is 2.20. The van der Waals surface area contributed by atoms with Gasteiger partial charge in [0.2, 0.25) is 11.8 Å². The molecule has 1 aromatic heterocycles. The zero-order chi connectivity index (χ0) is 15.9. The quantitative estimate of drug-likeness (QED) is 0.855. The van der Waals surface area contributed by atoms with E-state index < -0.39 is 0 Å². The molecule has 1 amide bonds. The number of hydrogen-bond acceptors (Lipinski definition) is 5. The van der Waals surface area contributed by atoms with Gasteiger partial charge in [0.1, 0.15) is 6.10 Å². The maximum atomic E-state index is 12.2. The molecule has 2 aliphatic heterocycles. The standard InChI is InChI=1S/C17H25N3O3/c21-17(14-2-6-18-7-3-14)20-12-13-1-8-19-16(11-13)23-15-4-9-22-10-5-15/h1,8,11,14-15,18H,2-7,9-10,12H2,(H,20,21). The number of carbonyl (C=O) groups excluding carboxylic acids is 1. The van der Waals surface area contributed by atoms with Gasteiger partial charge in [0.15, 0.2) is 0 Å². The largest absolute Gasteiger partial charge is 0.474 e. The Hall–Kier alpha value is -1.66. The summed E-state index contributed by atoms with van der Waals surface area (Å²) < 4.78 is 11.2. The van der Waals surface area contributed by atoms with Crippen LogP contribution in [0.1, 0.15) is 31.2 Å². The van der Waals surface area contributed by atoms with E-state index in [-0.39, 0.29) is 17.9 Å². The van der Waals surface area contributed by atoms with Crippen LogP contribution in [0.25, 0.3) is 0 Å². The molecule has 6 heteroatoms. The van der Waals surface area contributed by atoms with Crippen LogP contribution >= 0.6 is 0 Å². The topological polar surface area (TPSA) is 72.5 Å². The summed E-state index contributed by atoms with van der Waals surface area (Å²) in [5.41, 5.74) is 1.02. The molecule has 0 atom stereocenters. The lowest BCUT2D eigenvalue weighted by atomic mass is 9.97. The monoisotopic (exact) mass is 319 g/mol. The van der Waals surface area contributed by atoms with Crippen LogP contribution < -0.4 is 15.4 Å². The van der Waals surface area contributed by atoms with Gasteiger partial charge in [-0.3, -0.25) is 4.79 Å². The molecule has 3 rings (SSSR count). The second-order valence-corrected chi connectivity index (χ2v) is 6.17. The zero-order valence-electron chi connectivity index (χ0n) is 13.4. The highest BCUT2D eigenvalue weighted by atomic mass is 16.5. The summed E-state index contributed by atoms with van der Waals surface area (Å²) in [7, 11) is 0. The van der Waals surface area contributed by atoms with Crippen LogP contribution in [0.2, 0.25) is 0 Å². The number of amides is 1. The van der Waals surface area contributed by atoms with Crippen molar-refractivity contribution in [2.24, 2.45) is 5.92 Å². The third kappa shape index (κ3) is 4.91. The van der Waals surface area contributed by atoms with Crippen molar-refractivity contribution in [3.8, 4) is 5.88 Å². The molecule has 3 heterocycles. The van der Waals surface area contributed by atoms with Crippen molar-refractivity contribution in [1.29, 1.82) is 0 Å². The molecule has 0 bridgehead atoms. The zero-order valence-corrected chi connectivity index (χ0v) is 13.4. The van der Waals surface area contributed by atoms with Crippen molar-refractivity contribution in [3.05, 3.63) is 23.9 Å². The molecule has 2 aliphatic rings. The maximum absolute atomic E-state index is 12.2. The van der Waals surface area contributed by atoms with Gasteiger partial charge in [-0.15, -0.1) is 0 Å². The second kappa shape index (κ2) is 8.26. The summed E-state index contributed by atoms with van der Waals surface area (Å²) in [5.74, 6) is 0.914. The summed E-state index contributed by atoms with van der Waals surface area (Å²) in [5, 5.41) is 6.31. The molecule has 2 fully saturated rings. The first-order valence-electron chi connectivity index (χ1n) is 8.49. The predicted molar refractivity (Wildman–Crippen MR) is 86.1 cm³/mol. The fourth-order valence-electron chi connectivity index (χ4n) is 3.01. The Labute approximate surface area is 137 Å². The van der Waals surface area contributed by atoms with Crippen LogP contribution in [0.15, 0.2) is 18.3 Å². The van der Waals surface area contributed by atoms with Gasteiger partial charge in [-0.25, -0.2) is 4.98 Å². The Morgan fingerprint density at radius 1 is 1.30 bits per heavy atom. The number of aromatic nitrogens is 1. The van der Waals surface area contributed by atoms with Crippen molar-refractivity contribution < 1.29 is 14.3 Å². The van der Waals surface area contributed by atoms with E-state index in [1.54, 1.807) is 6.20 Å². The van der Waals surface area contributed by atoms with E-state index in [1.807, 2.05) is 12.1 Å². The third-order valence-electron chi connectivity index (χ3n) is 4.43. The van der Waals surface area contributed by atoms with Crippen molar-refractivity contribution in [2.45, 2.75) is 38.3 Å². The van der Waals surface area contributed by atoms with E-state index >= 15 is 0 Å². The lowest BCUT2D eigenvalue weighted by Crippen LogP contribution is -2.37. The molecule has 2 N–H and O–H groups in total. The lowest BCUT2D eigenvalue weighted by Gasteiger charge is -2.23. The van der Waals surface area contributed by atoms with E-state index in [2.05, 4.69) is 15.6 Å². The first-order chi connectivity index (χ1) is 11.3. The van der Waals surface area contributed by atoms with Crippen LogP contribution in [-0.2, 0) is 16.1 Å². The Morgan fingerprint density at radius 3 is 2.87 bits per heavy atom. The van der Waals surface area contributed by atoms with Crippen LogP contribution in [0.4, 0.5) is 0 Å². The minimum Gasteiger partial charge on any atom is -0.474 e. The van der Waals surface area contributed by atoms with Gasteiger partial charge < -0.3 is 20.1 Å². The molecule has 2 saturated heterocycles. The first kappa shape index (κ1) is 16.2. The summed E-state index contributed by atoms with van der Waals surface area (Å²) in [6.07, 6.45) is 5.55. The van der Waals surface area contributed by atoms with E-state index in [9.17, 15) is 4.79 Å². The highest BCUT2D eigenvalue weighted by molar-refractivity contribution is 5.78. The molecule has 0 aliphatic carbocycles. The van der Waals surface area contributed by atoms with Crippen LogP contribution in [0.3, 0.4) is 0 Å². The molecule has 23 heavy (non-hydrogen) atoms. The lowest BCUT2D eigenvalue weighted by molar-refractivity contribution is -0.125. The van der Waals surface area contributed by atoms with E-state index in [0.717, 1.165) is 57.6 Å². The smallest absolute Gasteiger partial charge is 0.223 e. The van der Waals surface area contributed by atoms with Crippen molar-refractivity contribution in [1.82, 2.24) is 15.6 Å². The van der Waals surface area contributed by atoms with Crippen molar-refractivity contribution >= 4 is 5.91 Å². The third-order valence-corrected chi connectivity index (χ3v) is 4.43. The predicted octanol–water partition coefficient (Wildman–Crippen LogP) is 1.26. The Bertz CT molecular complexity index is 512. The molecule has 1 aromatic rings. The maximum Gasteiger partial charge on any atom is 0.223 e. The number of ether oxygens (including phenoxy) is 2. The second-order valence-electron chi connectivity index (χ2n) is 6.17. The minimum absolute atomic E-state index is 0.135. The Morgan fingerprint density at radius 2 is 2.09 bits per heavy atom. The van der Waals surface area contributed by atoms with Gasteiger partial charge in [-0.1, -0.05) is 0 Å². The molecule has 0 spiro atoms. The average molecular weight is 319 g/mol. The number of piperidine rings is 1. The number of pyridine rings is 1. The van der Waals surface area contributed by atoms with Crippen molar-refractivity contribution in [2.75, 3.05) is 26.3 Å². The first-order valence-corrected chi connectivity index (χ1v) is 8.49. The van der Waals surface area contributed by atoms with E-state index in [1.165, 1.54) is 0 Å². The molecular weight excluding hydrogens is 294 g/mol. The number of rotatable bonds is 5. The number of carbonyl (C=O) groups is 1. The van der Waals surface area contributed by atoms with E-state index in [4.69, 9.17) is 9.47 Å². The van der Waals surface area contributed by atoms with Gasteiger partial charge in [-0.05, 0) is 37.6 Å². The molecule has 0 saturated carbocycles. The minimum atomic E-state index is 0.135. The van der Waals surface area contributed by atoms with Crippen molar-refractivity contribution in [3.63, 3.8) is 0 Å². The molecule has 0 aromatic carbocycles. The summed E-state index contributed by atoms with van der Waals surface area (Å²) >= 11 is 0. The van der Waals surface area contributed by atoms with Crippen LogP contribution in [0, 0.1) is 5.92 Å².